The summed E-state index contributed by atoms with van der Waals surface area (Å²) < 4.78 is 34.8. The minimum absolute atomic E-state index is 0.0200. The fourth-order valence-electron chi connectivity index (χ4n) is 5.34. The van der Waals surface area contributed by atoms with Crippen molar-refractivity contribution in [2.45, 2.75) is 50.0 Å². The molecule has 5 rings (SSSR count). The molecule has 0 bridgehead atoms. The van der Waals surface area contributed by atoms with E-state index in [9.17, 15) is 13.5 Å². The molecule has 0 amide bonds. The van der Waals surface area contributed by atoms with Crippen LogP contribution >= 0.6 is 0 Å². The number of nitrogens with two attached hydrogens (primary N) is 1. The third kappa shape index (κ3) is 4.53. The Morgan fingerprint density at radius 2 is 2.06 bits per heavy atom. The van der Waals surface area contributed by atoms with E-state index in [2.05, 4.69) is 33.5 Å². The van der Waals surface area contributed by atoms with Crippen LogP contribution in [-0.4, -0.2) is 54.0 Å². The number of rotatable bonds is 7. The number of anilines is 1. The highest BCUT2D eigenvalue weighted by Crippen LogP contribution is 2.39. The molecule has 2 aliphatic carbocycles. The summed E-state index contributed by atoms with van der Waals surface area (Å²) in [5.41, 5.74) is 3.27. The quantitative estimate of drug-likeness (QED) is 0.460. The SMILES string of the molecule is CO[C@H]1CCc2ccccc2[C@H]1Nc1ncnc2c1ccn2[C@@H]1C[C@@H](COS(N)(=O)=O)[C@@H](O)C1. The molecule has 0 saturated heterocycles. The van der Waals surface area contributed by atoms with Gasteiger partial charge in [-0.1, -0.05) is 24.3 Å². The van der Waals surface area contributed by atoms with Gasteiger partial charge in [-0.2, -0.15) is 8.42 Å². The predicted octanol–water partition coefficient (Wildman–Crippen LogP) is 2.08. The van der Waals surface area contributed by atoms with E-state index in [1.54, 1.807) is 7.11 Å². The molecule has 2 aromatic heterocycles. The molecule has 2 heterocycles. The van der Waals surface area contributed by atoms with Gasteiger partial charge in [-0.25, -0.2) is 15.1 Å². The summed E-state index contributed by atoms with van der Waals surface area (Å²) in [6, 6.07) is 10.3. The molecule has 1 saturated carbocycles. The molecule has 1 aromatic carbocycles. The second-order valence-electron chi connectivity index (χ2n) is 9.05. The maximum atomic E-state index is 11.1. The molecule has 2 aliphatic rings. The van der Waals surface area contributed by atoms with Crippen LogP contribution in [-0.2, 0) is 25.6 Å². The lowest BCUT2D eigenvalue weighted by Gasteiger charge is -2.33. The Hall–Kier alpha value is -2.57. The van der Waals surface area contributed by atoms with Gasteiger partial charge in [-0.3, -0.25) is 4.18 Å². The number of ether oxygens (including phenoxy) is 1. The van der Waals surface area contributed by atoms with Crippen LogP contribution in [0.25, 0.3) is 11.0 Å². The van der Waals surface area contributed by atoms with E-state index in [0.29, 0.717) is 12.8 Å². The number of aliphatic hydroxyl groups excluding tert-OH is 1. The summed E-state index contributed by atoms with van der Waals surface area (Å²) in [4.78, 5) is 9.04. The van der Waals surface area contributed by atoms with E-state index in [1.165, 1.54) is 17.5 Å². The molecule has 0 radical (unpaired) electrons. The maximum Gasteiger partial charge on any atom is 0.333 e. The molecule has 0 unspecified atom stereocenters. The first-order valence-corrected chi connectivity index (χ1v) is 12.8. The van der Waals surface area contributed by atoms with Gasteiger partial charge in [0.1, 0.15) is 17.8 Å². The molecule has 0 aliphatic heterocycles. The van der Waals surface area contributed by atoms with Crippen LogP contribution in [0.1, 0.15) is 42.5 Å². The Labute approximate surface area is 198 Å². The third-order valence-corrected chi connectivity index (χ3v) is 7.50. The maximum absolute atomic E-state index is 11.1. The Kier molecular flexibility index (Phi) is 6.30. The number of nitrogens with one attached hydrogen (secondary N) is 1. The van der Waals surface area contributed by atoms with Gasteiger partial charge in [0.25, 0.3) is 0 Å². The number of hydrogen-bond acceptors (Lipinski definition) is 8. The molecule has 1 fully saturated rings. The van der Waals surface area contributed by atoms with Crippen molar-refractivity contribution < 1.29 is 22.4 Å². The summed E-state index contributed by atoms with van der Waals surface area (Å²) in [5, 5.41) is 19.9. The van der Waals surface area contributed by atoms with E-state index >= 15 is 0 Å². The van der Waals surface area contributed by atoms with Crippen molar-refractivity contribution in [2.24, 2.45) is 11.1 Å². The number of benzene rings is 1. The average molecular weight is 488 g/mol. The lowest BCUT2D eigenvalue weighted by Crippen LogP contribution is -2.32. The number of hydrogen-bond donors (Lipinski definition) is 3. The van der Waals surface area contributed by atoms with Crippen molar-refractivity contribution in [1.82, 2.24) is 14.5 Å². The molecule has 182 valence electrons. The smallest absolute Gasteiger partial charge is 0.333 e. The van der Waals surface area contributed by atoms with E-state index in [1.807, 2.05) is 22.9 Å². The van der Waals surface area contributed by atoms with Crippen LogP contribution in [0.15, 0.2) is 42.9 Å². The second kappa shape index (κ2) is 9.23. The Balaban J connectivity index is 1.40. The minimum atomic E-state index is -4.05. The first kappa shape index (κ1) is 23.2. The normalized spacial score (nSPS) is 27.1. The number of methoxy groups -OCH3 is 1. The molecule has 0 spiro atoms. The lowest BCUT2D eigenvalue weighted by atomic mass is 9.85. The summed E-state index contributed by atoms with van der Waals surface area (Å²) in [5.74, 6) is 0.390. The van der Waals surface area contributed by atoms with Gasteiger partial charge < -0.3 is 19.7 Å². The Bertz CT molecular complexity index is 1280. The number of aromatic nitrogens is 3. The van der Waals surface area contributed by atoms with Crippen molar-refractivity contribution in [3.63, 3.8) is 0 Å². The largest absolute Gasteiger partial charge is 0.393 e. The van der Waals surface area contributed by atoms with Gasteiger partial charge in [0.2, 0.25) is 0 Å². The van der Waals surface area contributed by atoms with Crippen LogP contribution in [0.3, 0.4) is 0 Å². The average Bonchev–Trinajstić information content (AvgIpc) is 3.41. The van der Waals surface area contributed by atoms with Crippen LogP contribution < -0.4 is 10.5 Å². The number of aliphatic hydroxyl groups is 1. The zero-order valence-electron chi connectivity index (χ0n) is 18.9. The van der Waals surface area contributed by atoms with Gasteiger partial charge in [-0.15, -0.1) is 0 Å². The summed E-state index contributed by atoms with van der Waals surface area (Å²) in [7, 11) is -2.31. The molecule has 10 nitrogen and oxygen atoms in total. The zero-order chi connectivity index (χ0) is 23.9. The Morgan fingerprint density at radius 3 is 2.85 bits per heavy atom. The van der Waals surface area contributed by atoms with Crippen LogP contribution in [0, 0.1) is 5.92 Å². The van der Waals surface area contributed by atoms with Crippen molar-refractivity contribution in [3.05, 3.63) is 54.0 Å². The van der Waals surface area contributed by atoms with Crippen LogP contribution in [0.4, 0.5) is 5.82 Å². The van der Waals surface area contributed by atoms with Gasteiger partial charge in [0.05, 0.1) is 30.2 Å². The van der Waals surface area contributed by atoms with Crippen molar-refractivity contribution in [3.8, 4) is 0 Å². The summed E-state index contributed by atoms with van der Waals surface area (Å²) in [6.07, 6.45) is 5.71. The van der Waals surface area contributed by atoms with E-state index in [-0.39, 0.29) is 30.7 Å². The number of aryl methyl sites for hydroxylation is 1. The van der Waals surface area contributed by atoms with E-state index in [4.69, 9.17) is 14.1 Å². The molecule has 5 atom stereocenters. The highest BCUT2D eigenvalue weighted by atomic mass is 32.2. The Morgan fingerprint density at radius 1 is 1.24 bits per heavy atom. The molecular formula is C23H29N5O5S. The minimum Gasteiger partial charge on any atom is -0.393 e. The molecular weight excluding hydrogens is 458 g/mol. The monoisotopic (exact) mass is 487 g/mol. The first-order chi connectivity index (χ1) is 16.3. The molecule has 11 heteroatoms. The summed E-state index contributed by atoms with van der Waals surface area (Å²) in [6.45, 7) is -0.142. The standard InChI is InChI=1S/C23H29N5O5S/c1-32-20-7-6-14-4-2-3-5-17(14)21(20)27-22-18-8-9-28(23(18)26-13-25-22)16-10-15(19(29)11-16)12-33-34(24,30)31/h2-5,8-9,13,15-16,19-21,29H,6-7,10-12H2,1H3,(H2,24,30,31)(H,25,26,27)/t15-,16+,19-,20-,21+/m0/s1. The first-order valence-electron chi connectivity index (χ1n) is 11.4. The van der Waals surface area contributed by atoms with E-state index < -0.39 is 16.4 Å². The highest BCUT2D eigenvalue weighted by Gasteiger charge is 2.36. The van der Waals surface area contributed by atoms with Gasteiger partial charge in [-0.05, 0) is 42.9 Å². The molecule has 34 heavy (non-hydrogen) atoms. The van der Waals surface area contributed by atoms with E-state index in [0.717, 1.165) is 29.7 Å². The van der Waals surface area contributed by atoms with Gasteiger partial charge >= 0.3 is 10.3 Å². The summed E-state index contributed by atoms with van der Waals surface area (Å²) >= 11 is 0. The number of nitrogens with zero attached hydrogens (tertiary/aromatic N) is 3. The van der Waals surface area contributed by atoms with Crippen LogP contribution in [0.2, 0.25) is 0 Å². The molecule has 3 aromatic rings. The fourth-order valence-corrected chi connectivity index (χ4v) is 5.71. The fraction of sp³-hybridized carbons (Fsp3) is 0.478. The predicted molar refractivity (Wildman–Crippen MR) is 126 cm³/mol. The molecule has 4 N–H and O–H groups in total. The van der Waals surface area contributed by atoms with Crippen molar-refractivity contribution >= 4 is 27.2 Å². The van der Waals surface area contributed by atoms with Crippen LogP contribution in [0.5, 0.6) is 0 Å². The van der Waals surface area contributed by atoms with Crippen molar-refractivity contribution in [2.75, 3.05) is 19.0 Å². The van der Waals surface area contributed by atoms with Crippen molar-refractivity contribution in [1.29, 1.82) is 0 Å². The zero-order valence-corrected chi connectivity index (χ0v) is 19.7. The lowest BCUT2D eigenvalue weighted by molar-refractivity contribution is 0.0736. The highest BCUT2D eigenvalue weighted by molar-refractivity contribution is 7.84. The number of fused-ring (bicyclic) bond motifs is 2. The van der Waals surface area contributed by atoms with Gasteiger partial charge in [0, 0.05) is 25.3 Å². The third-order valence-electron chi connectivity index (χ3n) is 7.04. The topological polar surface area (TPSA) is 142 Å². The second-order valence-corrected chi connectivity index (χ2v) is 10.3. The van der Waals surface area contributed by atoms with Gasteiger partial charge in [0.15, 0.2) is 0 Å².